The molecule has 0 N–H and O–H groups in total. The Hall–Kier alpha value is -1.39. The highest BCUT2D eigenvalue weighted by Crippen LogP contribution is 1.88. The van der Waals surface area contributed by atoms with Gasteiger partial charge in [-0.3, -0.25) is 0 Å². The molecule has 0 saturated heterocycles. The molecule has 0 aliphatic heterocycles. The van der Waals surface area contributed by atoms with E-state index in [1.165, 1.54) is 0 Å². The third kappa shape index (κ3) is 2.81. The van der Waals surface area contributed by atoms with E-state index in [0.717, 1.165) is 0 Å². The largest absolute Gasteiger partial charge is 0.106 e. The van der Waals surface area contributed by atoms with Crippen LogP contribution in [0.5, 0.6) is 0 Å². The first-order chi connectivity index (χ1) is 5.00. The maximum Gasteiger partial charge on any atom is 0.0473 e. The van der Waals surface area contributed by atoms with E-state index >= 15 is 0 Å². The van der Waals surface area contributed by atoms with Gasteiger partial charge in [-0.25, -0.2) is 0 Å². The Morgan fingerprint density at radius 3 is 2.60 bits per heavy atom. The minimum atomic E-state index is 1.88. The quantitative estimate of drug-likeness (QED) is 0.348. The summed E-state index contributed by atoms with van der Waals surface area (Å²) in [7, 11) is 0. The SMILES string of the molecule is C1=C/C=C\C=C/[CH+]/C=C\C=1. The Bertz CT molecular complexity index is 220. The first-order valence-electron chi connectivity index (χ1n) is 3.24. The summed E-state index contributed by atoms with van der Waals surface area (Å²) in [6.45, 7) is 0. The molecule has 0 heterocycles. The van der Waals surface area contributed by atoms with Crippen LogP contribution in [0, 0.1) is 6.42 Å². The molecule has 0 aromatic heterocycles. The standard InChI is InChI=1S/C10H9/c1-2-4-6-8-10-9-7-5-3-1/h1-9H/q+1/b2-1-,6-4-,7-5-. The Morgan fingerprint density at radius 2 is 1.60 bits per heavy atom. The van der Waals surface area contributed by atoms with Crippen molar-refractivity contribution in [1.82, 2.24) is 0 Å². The van der Waals surface area contributed by atoms with E-state index in [9.17, 15) is 0 Å². The molecule has 0 aromatic carbocycles. The van der Waals surface area contributed by atoms with Crippen LogP contribution in [0.1, 0.15) is 0 Å². The monoisotopic (exact) mass is 129 g/mol. The maximum absolute atomic E-state index is 2.98. The molecule has 0 spiro atoms. The Kier molecular flexibility index (Phi) is 3.02. The molecular formula is C10H9+. The van der Waals surface area contributed by atoms with Gasteiger partial charge in [0.15, 0.2) is 0 Å². The molecule has 0 aromatic rings. The fourth-order valence-electron chi connectivity index (χ4n) is 0.599. The zero-order chi connectivity index (χ0) is 7.07. The topological polar surface area (TPSA) is 0 Å². The second kappa shape index (κ2) is 4.49. The molecule has 1 aliphatic rings. The average Bonchev–Trinajstić information content (AvgIpc) is 2.01. The summed E-state index contributed by atoms with van der Waals surface area (Å²) in [6.07, 6.45) is 17.5. The minimum Gasteiger partial charge on any atom is -0.106 e. The Morgan fingerprint density at radius 1 is 0.800 bits per heavy atom. The number of hydrogen-bond acceptors (Lipinski definition) is 0. The van der Waals surface area contributed by atoms with Gasteiger partial charge >= 0.3 is 0 Å². The number of allylic oxidation sites excluding steroid dienone is 7. The highest BCUT2D eigenvalue weighted by atomic mass is 13.7. The summed E-state index contributed by atoms with van der Waals surface area (Å²) < 4.78 is 0. The van der Waals surface area contributed by atoms with Crippen molar-refractivity contribution in [3.63, 3.8) is 0 Å². The van der Waals surface area contributed by atoms with Crippen LogP contribution in [0.15, 0.2) is 54.3 Å². The maximum atomic E-state index is 2.98. The molecule has 48 valence electrons. The third-order valence-corrected chi connectivity index (χ3v) is 1.05. The van der Waals surface area contributed by atoms with Crippen molar-refractivity contribution < 1.29 is 0 Å². The molecule has 0 heteroatoms. The van der Waals surface area contributed by atoms with Crippen molar-refractivity contribution >= 4 is 0 Å². The van der Waals surface area contributed by atoms with E-state index in [4.69, 9.17) is 0 Å². The fraction of sp³-hybridized carbons (Fsp3) is 0. The van der Waals surface area contributed by atoms with Crippen LogP contribution in [0.3, 0.4) is 0 Å². The third-order valence-electron chi connectivity index (χ3n) is 1.05. The molecule has 0 unspecified atom stereocenters. The van der Waals surface area contributed by atoms with Crippen LogP contribution in [-0.4, -0.2) is 0 Å². The molecule has 0 bridgehead atoms. The summed E-state index contributed by atoms with van der Waals surface area (Å²) in [5, 5.41) is 0. The van der Waals surface area contributed by atoms with E-state index in [0.29, 0.717) is 0 Å². The zero-order valence-electron chi connectivity index (χ0n) is 5.70. The summed E-state index contributed by atoms with van der Waals surface area (Å²) in [6, 6.07) is 0. The van der Waals surface area contributed by atoms with Gasteiger partial charge in [0, 0.05) is 36.8 Å². The lowest BCUT2D eigenvalue weighted by molar-refractivity contribution is 1.72. The van der Waals surface area contributed by atoms with Gasteiger partial charge < -0.3 is 0 Å². The Balaban J connectivity index is 2.71. The van der Waals surface area contributed by atoms with Gasteiger partial charge in [-0.1, -0.05) is 0 Å². The molecule has 0 saturated carbocycles. The molecular weight excluding hydrogens is 120 g/mol. The summed E-state index contributed by atoms with van der Waals surface area (Å²) >= 11 is 0. The second-order valence-electron chi connectivity index (χ2n) is 1.85. The molecule has 10 heavy (non-hydrogen) atoms. The van der Waals surface area contributed by atoms with Crippen molar-refractivity contribution in [2.24, 2.45) is 0 Å². The van der Waals surface area contributed by atoms with Crippen molar-refractivity contribution in [2.75, 3.05) is 0 Å². The van der Waals surface area contributed by atoms with E-state index < -0.39 is 0 Å². The summed E-state index contributed by atoms with van der Waals surface area (Å²) in [5.41, 5.74) is 2.98. The van der Waals surface area contributed by atoms with Gasteiger partial charge in [0.05, 0.1) is 0 Å². The molecule has 0 radical (unpaired) electrons. The normalized spacial score (nSPS) is 24.8. The van der Waals surface area contributed by atoms with Crippen LogP contribution in [-0.2, 0) is 0 Å². The highest BCUT2D eigenvalue weighted by Gasteiger charge is 1.76. The molecule has 1 rings (SSSR count). The van der Waals surface area contributed by atoms with Crippen molar-refractivity contribution in [3.8, 4) is 0 Å². The lowest BCUT2D eigenvalue weighted by atomic mass is 10.3. The van der Waals surface area contributed by atoms with Crippen molar-refractivity contribution in [1.29, 1.82) is 0 Å². The number of hydrogen-bond donors (Lipinski definition) is 0. The van der Waals surface area contributed by atoms with Gasteiger partial charge in [-0.2, -0.15) is 0 Å². The molecule has 0 atom stereocenters. The van der Waals surface area contributed by atoms with Crippen molar-refractivity contribution in [2.45, 2.75) is 0 Å². The lowest BCUT2D eigenvalue weighted by Gasteiger charge is -1.71. The van der Waals surface area contributed by atoms with Gasteiger partial charge in [0.2, 0.25) is 0 Å². The fourth-order valence-corrected chi connectivity index (χ4v) is 0.599. The van der Waals surface area contributed by atoms with Gasteiger partial charge in [-0.15, -0.1) is 5.73 Å². The lowest BCUT2D eigenvalue weighted by Crippen LogP contribution is -1.59. The number of rotatable bonds is 0. The predicted molar refractivity (Wildman–Crippen MR) is 44.4 cm³/mol. The summed E-state index contributed by atoms with van der Waals surface area (Å²) in [4.78, 5) is 0. The molecule has 0 fully saturated rings. The highest BCUT2D eigenvalue weighted by molar-refractivity contribution is 5.21. The Labute approximate surface area is 61.6 Å². The molecule has 0 nitrogen and oxygen atoms in total. The van der Waals surface area contributed by atoms with E-state index in [1.807, 2.05) is 55.0 Å². The van der Waals surface area contributed by atoms with E-state index in [2.05, 4.69) is 5.73 Å². The van der Waals surface area contributed by atoms with E-state index in [1.54, 1.807) is 0 Å². The van der Waals surface area contributed by atoms with Crippen LogP contribution < -0.4 is 0 Å². The predicted octanol–water partition coefficient (Wildman–Crippen LogP) is 2.58. The minimum absolute atomic E-state index is 1.88. The summed E-state index contributed by atoms with van der Waals surface area (Å²) in [5.74, 6) is 0. The average molecular weight is 129 g/mol. The van der Waals surface area contributed by atoms with Crippen LogP contribution >= 0.6 is 0 Å². The first kappa shape index (κ1) is 6.73. The van der Waals surface area contributed by atoms with Gasteiger partial charge in [0.25, 0.3) is 0 Å². The zero-order valence-corrected chi connectivity index (χ0v) is 5.70. The van der Waals surface area contributed by atoms with Gasteiger partial charge in [-0.05, 0) is 18.2 Å². The smallest absolute Gasteiger partial charge is 0.0473 e. The van der Waals surface area contributed by atoms with Crippen molar-refractivity contribution in [3.05, 3.63) is 60.8 Å². The van der Waals surface area contributed by atoms with Gasteiger partial charge in [0.1, 0.15) is 0 Å². The van der Waals surface area contributed by atoms with Crippen LogP contribution in [0.4, 0.5) is 0 Å². The van der Waals surface area contributed by atoms with Crippen LogP contribution in [0.25, 0.3) is 0 Å². The van der Waals surface area contributed by atoms with Crippen LogP contribution in [0.2, 0.25) is 0 Å². The first-order valence-corrected chi connectivity index (χ1v) is 3.24. The van der Waals surface area contributed by atoms with E-state index in [-0.39, 0.29) is 0 Å². The second-order valence-corrected chi connectivity index (χ2v) is 1.85. The molecule has 1 aliphatic carbocycles. The molecule has 0 amide bonds.